The van der Waals surface area contributed by atoms with Crippen LogP contribution in [0, 0.1) is 6.92 Å². The number of pyridine rings is 1. The van der Waals surface area contributed by atoms with Crippen molar-refractivity contribution in [3.8, 4) is 11.5 Å². The average molecular weight is 267 g/mol. The van der Waals surface area contributed by atoms with Crippen LogP contribution in [0.1, 0.15) is 11.3 Å². The number of aromatic nitrogens is 6. The number of aryl methyl sites for hydroxylation is 1. The van der Waals surface area contributed by atoms with Gasteiger partial charge in [-0.15, -0.1) is 9.90 Å². The molecule has 0 unspecified atom stereocenters. The largest absolute Gasteiger partial charge is 0.369 e. The molecular weight excluding hydrogens is 254 g/mol. The van der Waals surface area contributed by atoms with Gasteiger partial charge in [-0.1, -0.05) is 0 Å². The summed E-state index contributed by atoms with van der Waals surface area (Å²) in [6.45, 7) is 2.91. The second kappa shape index (κ2) is 4.16. The molecule has 0 aromatic carbocycles. The average Bonchev–Trinajstić information content (AvgIpc) is 3.18. The van der Waals surface area contributed by atoms with Crippen molar-refractivity contribution in [2.24, 2.45) is 0 Å². The quantitative estimate of drug-likeness (QED) is 0.753. The molecule has 0 saturated carbocycles. The number of fused-ring (bicyclic) bond motifs is 1. The van der Waals surface area contributed by atoms with Crippen molar-refractivity contribution >= 4 is 5.82 Å². The molecule has 0 saturated heterocycles. The summed E-state index contributed by atoms with van der Waals surface area (Å²) in [4.78, 5) is 6.02. The summed E-state index contributed by atoms with van der Waals surface area (Å²) in [6.07, 6.45) is 6.16. The first kappa shape index (κ1) is 11.2. The Morgan fingerprint density at radius 1 is 1.25 bits per heavy atom. The van der Waals surface area contributed by atoms with Gasteiger partial charge in [-0.05, 0) is 19.4 Å². The zero-order valence-corrected chi connectivity index (χ0v) is 11.0. The van der Waals surface area contributed by atoms with Gasteiger partial charge in [0.1, 0.15) is 5.82 Å². The van der Waals surface area contributed by atoms with E-state index in [1.54, 1.807) is 12.4 Å². The fourth-order valence-corrected chi connectivity index (χ4v) is 2.47. The summed E-state index contributed by atoms with van der Waals surface area (Å²) in [5, 5.41) is 16.0. The third kappa shape index (κ3) is 1.67. The topological polar surface area (TPSA) is 73.5 Å². The lowest BCUT2D eigenvalue weighted by molar-refractivity contribution is 0.708. The number of anilines is 1. The van der Waals surface area contributed by atoms with E-state index >= 15 is 0 Å². The van der Waals surface area contributed by atoms with E-state index in [0.29, 0.717) is 5.82 Å². The first-order chi connectivity index (χ1) is 9.81. The van der Waals surface area contributed by atoms with Crippen molar-refractivity contribution in [1.82, 2.24) is 29.8 Å². The van der Waals surface area contributed by atoms with Crippen LogP contribution in [0.15, 0.2) is 30.7 Å². The van der Waals surface area contributed by atoms with E-state index < -0.39 is 0 Å². The third-order valence-corrected chi connectivity index (χ3v) is 3.34. The highest BCUT2D eigenvalue weighted by Crippen LogP contribution is 2.27. The molecule has 7 heteroatoms. The molecule has 0 bridgehead atoms. The Bertz CT molecular complexity index is 757. The summed E-state index contributed by atoms with van der Waals surface area (Å²) in [5.41, 5.74) is 3.25. The zero-order valence-electron chi connectivity index (χ0n) is 11.0. The molecule has 100 valence electrons. The molecule has 1 aliphatic rings. The molecule has 0 radical (unpaired) electrons. The predicted molar refractivity (Wildman–Crippen MR) is 73.2 cm³/mol. The van der Waals surface area contributed by atoms with Gasteiger partial charge in [0.05, 0.1) is 18.1 Å². The minimum absolute atomic E-state index is 0.698. The molecule has 3 aromatic rings. The van der Waals surface area contributed by atoms with E-state index in [1.165, 1.54) is 10.4 Å². The molecule has 0 fully saturated rings. The van der Waals surface area contributed by atoms with Crippen molar-refractivity contribution in [2.45, 2.75) is 13.3 Å². The smallest absolute Gasteiger partial charge is 0.196 e. The van der Waals surface area contributed by atoms with Crippen molar-refractivity contribution in [2.75, 3.05) is 11.9 Å². The van der Waals surface area contributed by atoms with Crippen LogP contribution in [0.3, 0.4) is 0 Å². The number of hydrogen-bond acceptors (Lipinski definition) is 5. The molecule has 0 spiro atoms. The minimum atomic E-state index is 0.698. The van der Waals surface area contributed by atoms with Crippen LogP contribution in [0.25, 0.3) is 11.5 Å². The fourth-order valence-electron chi connectivity index (χ4n) is 2.47. The molecule has 3 aromatic heterocycles. The van der Waals surface area contributed by atoms with Crippen molar-refractivity contribution in [3.05, 3.63) is 42.0 Å². The highest BCUT2D eigenvalue weighted by atomic mass is 15.5. The van der Waals surface area contributed by atoms with E-state index in [-0.39, 0.29) is 0 Å². The van der Waals surface area contributed by atoms with Crippen molar-refractivity contribution in [1.29, 1.82) is 0 Å². The molecule has 0 aliphatic carbocycles. The Morgan fingerprint density at radius 2 is 2.10 bits per heavy atom. The summed E-state index contributed by atoms with van der Waals surface area (Å²) in [7, 11) is 0. The Kier molecular flexibility index (Phi) is 2.32. The maximum absolute atomic E-state index is 4.54. The monoisotopic (exact) mass is 267 g/mol. The van der Waals surface area contributed by atoms with Crippen LogP contribution in [0.4, 0.5) is 5.82 Å². The second-order valence-electron chi connectivity index (χ2n) is 4.72. The standard InChI is InChI=1S/C13H13N7/c1-9-8-11(10-2-4-14-13(10)17-9)19-7-3-12(18-19)20-15-5-6-16-20/h3,5-8H,2,4H2,1H3,(H,14,17). The molecule has 1 N–H and O–H groups in total. The molecule has 0 amide bonds. The van der Waals surface area contributed by atoms with Crippen molar-refractivity contribution < 1.29 is 0 Å². The van der Waals surface area contributed by atoms with Gasteiger partial charge in [0, 0.05) is 30.1 Å². The first-order valence-corrected chi connectivity index (χ1v) is 6.48. The molecule has 1 aliphatic heterocycles. The summed E-state index contributed by atoms with van der Waals surface area (Å²) >= 11 is 0. The first-order valence-electron chi connectivity index (χ1n) is 6.48. The predicted octanol–water partition coefficient (Wildman–Crippen LogP) is 1.12. The molecule has 0 atom stereocenters. The van der Waals surface area contributed by atoms with Gasteiger partial charge in [-0.3, -0.25) is 0 Å². The number of hydrogen-bond donors (Lipinski definition) is 1. The summed E-state index contributed by atoms with van der Waals surface area (Å²) in [6, 6.07) is 3.95. The van der Waals surface area contributed by atoms with Gasteiger partial charge >= 0.3 is 0 Å². The van der Waals surface area contributed by atoms with Crippen LogP contribution >= 0.6 is 0 Å². The third-order valence-electron chi connectivity index (χ3n) is 3.34. The van der Waals surface area contributed by atoms with Crippen LogP contribution in [0.2, 0.25) is 0 Å². The SMILES string of the molecule is Cc1cc(-n2ccc(-n3nccn3)n2)c2c(n1)NCC2. The lowest BCUT2D eigenvalue weighted by atomic mass is 10.1. The lowest BCUT2D eigenvalue weighted by Crippen LogP contribution is -2.04. The Hall–Kier alpha value is -2.70. The molecule has 20 heavy (non-hydrogen) atoms. The highest BCUT2D eigenvalue weighted by molar-refractivity contribution is 5.59. The van der Waals surface area contributed by atoms with Crippen LogP contribution in [-0.2, 0) is 6.42 Å². The lowest BCUT2D eigenvalue weighted by Gasteiger charge is -2.08. The molecule has 4 heterocycles. The zero-order chi connectivity index (χ0) is 13.5. The van der Waals surface area contributed by atoms with E-state index in [9.17, 15) is 0 Å². The normalized spacial score (nSPS) is 13.2. The van der Waals surface area contributed by atoms with Crippen LogP contribution < -0.4 is 5.32 Å². The molecule has 4 rings (SSSR count). The molecular formula is C13H13N7. The Labute approximate surface area is 115 Å². The van der Waals surface area contributed by atoms with Crippen LogP contribution in [-0.4, -0.2) is 36.3 Å². The maximum atomic E-state index is 4.54. The summed E-state index contributed by atoms with van der Waals surface area (Å²) in [5.74, 6) is 1.67. The maximum Gasteiger partial charge on any atom is 0.196 e. The van der Waals surface area contributed by atoms with Crippen LogP contribution in [0.5, 0.6) is 0 Å². The number of nitrogens with one attached hydrogen (secondary N) is 1. The van der Waals surface area contributed by atoms with E-state index in [1.807, 2.05) is 23.9 Å². The van der Waals surface area contributed by atoms with E-state index in [0.717, 1.165) is 30.2 Å². The van der Waals surface area contributed by atoms with Gasteiger partial charge in [-0.2, -0.15) is 10.2 Å². The van der Waals surface area contributed by atoms with Crippen molar-refractivity contribution in [3.63, 3.8) is 0 Å². The van der Waals surface area contributed by atoms with Gasteiger partial charge in [0.25, 0.3) is 0 Å². The van der Waals surface area contributed by atoms with Gasteiger partial charge < -0.3 is 5.32 Å². The fraction of sp³-hybridized carbons (Fsp3) is 0.231. The Morgan fingerprint density at radius 3 is 2.95 bits per heavy atom. The number of nitrogens with zero attached hydrogens (tertiary/aromatic N) is 6. The van der Waals surface area contributed by atoms with Gasteiger partial charge in [0.15, 0.2) is 5.82 Å². The minimum Gasteiger partial charge on any atom is -0.369 e. The van der Waals surface area contributed by atoms with Gasteiger partial charge in [-0.25, -0.2) is 9.67 Å². The Balaban J connectivity index is 1.82. The van der Waals surface area contributed by atoms with E-state index in [2.05, 4.69) is 31.7 Å². The summed E-state index contributed by atoms with van der Waals surface area (Å²) < 4.78 is 1.86. The second-order valence-corrected chi connectivity index (χ2v) is 4.72. The number of rotatable bonds is 2. The highest BCUT2D eigenvalue weighted by Gasteiger charge is 2.18. The van der Waals surface area contributed by atoms with Gasteiger partial charge in [0.2, 0.25) is 0 Å². The van der Waals surface area contributed by atoms with E-state index in [4.69, 9.17) is 0 Å². The molecule has 7 nitrogen and oxygen atoms in total.